The zero-order chi connectivity index (χ0) is 28.4. The molecule has 8 nitrogen and oxygen atoms in total. The van der Waals surface area contributed by atoms with Gasteiger partial charge in [0, 0.05) is 12.0 Å². The van der Waals surface area contributed by atoms with Crippen LogP contribution in [0.2, 0.25) is 0 Å². The molecule has 1 unspecified atom stereocenters. The van der Waals surface area contributed by atoms with Crippen LogP contribution < -0.4 is 5.63 Å². The van der Waals surface area contributed by atoms with Crippen molar-refractivity contribution in [1.29, 1.82) is 0 Å². The van der Waals surface area contributed by atoms with E-state index in [1.54, 1.807) is 27.7 Å². The van der Waals surface area contributed by atoms with Gasteiger partial charge in [-0.05, 0) is 80.9 Å². The standard InChI is InChI=1S/C31H40O8/c1-14-9-21(32)37-17(4)22(14)27(34)38-25-15(2)12-30-16(3)10-20-23(28(20,5)6)19(24(30)33)11-18-13-36-29(7,8)39-26(18)31(25,30)35/h9,11-12,16,19-20,23-26,33,35H,10,13H2,1-8H3/t16-,19+,20-,23+,24?,25+,26-,30+,31-/m1/s1. The highest BCUT2D eigenvalue weighted by Crippen LogP contribution is 2.73. The van der Waals surface area contributed by atoms with Crippen molar-refractivity contribution >= 4 is 5.97 Å². The van der Waals surface area contributed by atoms with E-state index in [4.69, 9.17) is 18.6 Å². The molecule has 9 atom stereocenters. The number of aliphatic hydroxyl groups excluding tert-OH is 1. The van der Waals surface area contributed by atoms with Crippen molar-refractivity contribution in [2.24, 2.45) is 34.5 Å². The van der Waals surface area contributed by atoms with Gasteiger partial charge in [-0.15, -0.1) is 0 Å². The molecule has 3 fully saturated rings. The summed E-state index contributed by atoms with van der Waals surface area (Å²) in [5, 5.41) is 25.5. The summed E-state index contributed by atoms with van der Waals surface area (Å²) in [4.78, 5) is 25.5. The predicted octanol–water partition coefficient (Wildman–Crippen LogP) is 3.84. The molecule has 2 saturated carbocycles. The molecule has 1 aromatic rings. The lowest BCUT2D eigenvalue weighted by atomic mass is 9.58. The molecule has 2 heterocycles. The Morgan fingerprint density at radius 3 is 2.51 bits per heavy atom. The Morgan fingerprint density at radius 2 is 1.85 bits per heavy atom. The first-order valence-electron chi connectivity index (χ1n) is 14.0. The van der Waals surface area contributed by atoms with E-state index < -0.39 is 46.7 Å². The molecule has 212 valence electrons. The highest BCUT2D eigenvalue weighted by atomic mass is 16.7. The number of hydrogen-bond acceptors (Lipinski definition) is 8. The minimum atomic E-state index is -1.80. The van der Waals surface area contributed by atoms with Crippen molar-refractivity contribution in [3.8, 4) is 0 Å². The first-order valence-corrected chi connectivity index (χ1v) is 14.0. The van der Waals surface area contributed by atoms with Gasteiger partial charge in [0.15, 0.2) is 11.9 Å². The second kappa shape index (κ2) is 8.15. The normalized spacial score (nSPS) is 43.1. The Morgan fingerprint density at radius 1 is 1.15 bits per heavy atom. The summed E-state index contributed by atoms with van der Waals surface area (Å²) in [5.74, 6) is -1.22. The number of carbonyl (C=O) groups is 1. The molecule has 0 aromatic carbocycles. The molecule has 1 spiro atoms. The van der Waals surface area contributed by atoms with Gasteiger partial charge in [0.2, 0.25) is 0 Å². The molecule has 0 radical (unpaired) electrons. The van der Waals surface area contributed by atoms with E-state index >= 15 is 0 Å². The van der Waals surface area contributed by atoms with E-state index in [1.807, 2.05) is 13.0 Å². The van der Waals surface area contributed by atoms with Crippen LogP contribution in [0.4, 0.5) is 0 Å². The van der Waals surface area contributed by atoms with Crippen molar-refractivity contribution in [2.45, 2.75) is 91.5 Å². The Bertz CT molecular complexity index is 1340. The average molecular weight is 541 g/mol. The smallest absolute Gasteiger partial charge is 0.342 e. The van der Waals surface area contributed by atoms with Gasteiger partial charge in [0.1, 0.15) is 23.0 Å². The first kappa shape index (κ1) is 26.9. The highest BCUT2D eigenvalue weighted by Gasteiger charge is 2.77. The van der Waals surface area contributed by atoms with E-state index in [1.165, 1.54) is 6.07 Å². The molecule has 2 N–H and O–H groups in total. The van der Waals surface area contributed by atoms with E-state index in [0.29, 0.717) is 17.1 Å². The minimum Gasteiger partial charge on any atom is -0.451 e. The fraction of sp³-hybridized carbons (Fsp3) is 0.677. The van der Waals surface area contributed by atoms with Crippen LogP contribution in [-0.2, 0) is 14.2 Å². The summed E-state index contributed by atoms with van der Waals surface area (Å²) in [7, 11) is 0. The van der Waals surface area contributed by atoms with Crippen LogP contribution in [0, 0.1) is 48.3 Å². The highest BCUT2D eigenvalue weighted by molar-refractivity contribution is 5.92. The molecule has 1 saturated heterocycles. The number of rotatable bonds is 2. The van der Waals surface area contributed by atoms with Gasteiger partial charge in [0.05, 0.1) is 18.1 Å². The number of hydrogen-bond donors (Lipinski definition) is 2. The number of ether oxygens (including phenoxy) is 3. The summed E-state index contributed by atoms with van der Waals surface area (Å²) in [6, 6.07) is 1.25. The Kier molecular flexibility index (Phi) is 5.63. The fourth-order valence-electron chi connectivity index (χ4n) is 8.84. The Balaban J connectivity index is 1.52. The number of aliphatic hydroxyl groups is 2. The van der Waals surface area contributed by atoms with Gasteiger partial charge in [-0.1, -0.05) is 32.9 Å². The van der Waals surface area contributed by atoms with E-state index in [0.717, 1.165) is 12.0 Å². The lowest BCUT2D eigenvalue weighted by molar-refractivity contribution is -0.312. The molecule has 2 bridgehead atoms. The van der Waals surface area contributed by atoms with Gasteiger partial charge in [-0.3, -0.25) is 0 Å². The molecule has 1 aromatic heterocycles. The SMILES string of the molecule is CC1=C[C@]23C(O)[C@@H](C=C4COC(C)(C)O[C@H]4[C@]2(O)[C@H]1OC(=O)c1c(C)cc(=O)oc1C)[C@H]1[C@@H](C[C@H]3C)C1(C)C. The number of fused-ring (bicyclic) bond motifs is 5. The monoisotopic (exact) mass is 540 g/mol. The molecule has 5 aliphatic rings. The van der Waals surface area contributed by atoms with Crippen LogP contribution in [0.25, 0.3) is 0 Å². The summed E-state index contributed by atoms with van der Waals surface area (Å²) >= 11 is 0. The van der Waals surface area contributed by atoms with Crippen molar-refractivity contribution in [1.82, 2.24) is 0 Å². The topological polar surface area (TPSA) is 115 Å². The summed E-state index contributed by atoms with van der Waals surface area (Å²) in [5.41, 5.74) is -1.39. The first-order chi connectivity index (χ1) is 18.1. The van der Waals surface area contributed by atoms with Crippen molar-refractivity contribution in [3.05, 3.63) is 56.7 Å². The van der Waals surface area contributed by atoms with Crippen molar-refractivity contribution in [3.63, 3.8) is 0 Å². The van der Waals surface area contributed by atoms with Crippen LogP contribution >= 0.6 is 0 Å². The van der Waals surface area contributed by atoms with Crippen molar-refractivity contribution in [2.75, 3.05) is 6.61 Å². The summed E-state index contributed by atoms with van der Waals surface area (Å²) in [6.45, 7) is 15.5. The molecule has 1 aliphatic heterocycles. The van der Waals surface area contributed by atoms with Gasteiger partial charge in [-0.2, -0.15) is 0 Å². The lowest BCUT2D eigenvalue weighted by Gasteiger charge is -2.55. The second-order valence-corrected chi connectivity index (χ2v) is 13.7. The number of aryl methyl sites for hydroxylation is 2. The van der Waals surface area contributed by atoms with E-state index in [-0.39, 0.29) is 41.1 Å². The second-order valence-electron chi connectivity index (χ2n) is 13.7. The maximum atomic E-state index is 13.7. The van der Waals surface area contributed by atoms with Gasteiger partial charge < -0.3 is 28.8 Å². The Labute approximate surface area is 229 Å². The molecule has 8 heteroatoms. The van der Waals surface area contributed by atoms with Gasteiger partial charge >= 0.3 is 11.6 Å². The van der Waals surface area contributed by atoms with Crippen LogP contribution in [0.15, 0.2) is 38.6 Å². The lowest BCUT2D eigenvalue weighted by Crippen LogP contribution is -2.69. The van der Waals surface area contributed by atoms with E-state index in [9.17, 15) is 19.8 Å². The average Bonchev–Trinajstić information content (AvgIpc) is 3.31. The zero-order valence-electron chi connectivity index (χ0n) is 24.0. The molecule has 39 heavy (non-hydrogen) atoms. The van der Waals surface area contributed by atoms with E-state index in [2.05, 4.69) is 26.8 Å². The quantitative estimate of drug-likeness (QED) is 0.430. The maximum Gasteiger partial charge on any atom is 0.342 e. The molecule has 6 rings (SSSR count). The predicted molar refractivity (Wildman–Crippen MR) is 142 cm³/mol. The number of carbonyl (C=O) groups excluding carboxylic acids is 1. The zero-order valence-corrected chi connectivity index (χ0v) is 24.0. The van der Waals surface area contributed by atoms with Crippen LogP contribution in [-0.4, -0.2) is 52.5 Å². The minimum absolute atomic E-state index is 0.0711. The largest absolute Gasteiger partial charge is 0.451 e. The Hall–Kier alpha value is -2.26. The van der Waals surface area contributed by atoms with Crippen LogP contribution in [0.3, 0.4) is 0 Å². The summed E-state index contributed by atoms with van der Waals surface area (Å²) < 4.78 is 23.9. The van der Waals surface area contributed by atoms with Crippen LogP contribution in [0.5, 0.6) is 0 Å². The van der Waals surface area contributed by atoms with Gasteiger partial charge in [-0.25, -0.2) is 9.59 Å². The summed E-state index contributed by atoms with van der Waals surface area (Å²) in [6.07, 6.45) is 1.97. The molecule has 4 aliphatic carbocycles. The third-order valence-electron chi connectivity index (χ3n) is 10.7. The van der Waals surface area contributed by atoms with Gasteiger partial charge in [0.25, 0.3) is 0 Å². The van der Waals surface area contributed by atoms with Crippen molar-refractivity contribution < 1.29 is 33.6 Å². The fourth-order valence-corrected chi connectivity index (χ4v) is 8.84. The van der Waals surface area contributed by atoms with Crippen LogP contribution in [0.1, 0.15) is 69.6 Å². The third kappa shape index (κ3) is 3.44. The third-order valence-corrected chi connectivity index (χ3v) is 10.7. The molecular formula is C31H40O8. The maximum absolute atomic E-state index is 13.7. The molecule has 0 amide bonds. The number of esters is 1. The molecular weight excluding hydrogens is 500 g/mol.